The highest BCUT2D eigenvalue weighted by atomic mass is 16.5. The summed E-state index contributed by atoms with van der Waals surface area (Å²) in [6, 6.07) is 15.8. The number of ether oxygens (including phenoxy) is 1. The number of aryl methyl sites for hydroxylation is 2. The van der Waals surface area contributed by atoms with Gasteiger partial charge < -0.3 is 15.0 Å². The van der Waals surface area contributed by atoms with Gasteiger partial charge in [0.05, 0.1) is 12.3 Å². The number of rotatable bonds is 6. The van der Waals surface area contributed by atoms with Gasteiger partial charge in [-0.2, -0.15) is 0 Å². The first-order valence-corrected chi connectivity index (χ1v) is 10.2. The number of hydrogen-bond acceptors (Lipinski definition) is 4. The van der Waals surface area contributed by atoms with E-state index in [1.54, 1.807) is 20.2 Å². The zero-order valence-corrected chi connectivity index (χ0v) is 20.0. The van der Waals surface area contributed by atoms with Gasteiger partial charge in [0.15, 0.2) is 0 Å². The molecule has 0 atom stereocenters. The van der Waals surface area contributed by atoms with E-state index in [2.05, 4.69) is 66.2 Å². The molecule has 0 spiro atoms. The predicted octanol–water partition coefficient (Wildman–Crippen LogP) is 5.07. The van der Waals surface area contributed by atoms with Crippen LogP contribution in [-0.2, 0) is 4.74 Å². The summed E-state index contributed by atoms with van der Waals surface area (Å²) >= 11 is 0. The lowest BCUT2D eigenvalue weighted by molar-refractivity contribution is 0.0937. The van der Waals surface area contributed by atoms with E-state index in [0.717, 1.165) is 11.3 Å². The second-order valence-electron chi connectivity index (χ2n) is 6.79. The number of methoxy groups -OCH3 is 1. The normalized spacial score (nSPS) is 10.8. The van der Waals surface area contributed by atoms with Crippen molar-refractivity contribution in [3.63, 3.8) is 0 Å². The van der Waals surface area contributed by atoms with Crippen molar-refractivity contribution in [2.75, 3.05) is 34.4 Å². The predicted molar refractivity (Wildman–Crippen MR) is 134 cm³/mol. The maximum absolute atomic E-state index is 11.5. The van der Waals surface area contributed by atoms with Crippen molar-refractivity contribution in [2.24, 2.45) is 9.98 Å². The summed E-state index contributed by atoms with van der Waals surface area (Å²) in [6.07, 6.45) is 2.09. The molecule has 0 aromatic heterocycles. The number of carbonyl (C=O) groups is 1. The van der Waals surface area contributed by atoms with Gasteiger partial charge >= 0.3 is 0 Å². The molecule has 31 heavy (non-hydrogen) atoms. The first-order chi connectivity index (χ1) is 14.9. The van der Waals surface area contributed by atoms with Gasteiger partial charge in [-0.25, -0.2) is 0 Å². The second-order valence-corrected chi connectivity index (χ2v) is 6.79. The van der Waals surface area contributed by atoms with Crippen LogP contribution >= 0.6 is 0 Å². The van der Waals surface area contributed by atoms with Gasteiger partial charge in [-0.1, -0.05) is 48.0 Å². The van der Waals surface area contributed by atoms with Crippen LogP contribution in [0.4, 0.5) is 0 Å². The van der Waals surface area contributed by atoms with Crippen LogP contribution in [0.2, 0.25) is 0 Å². The molecule has 0 saturated heterocycles. The third kappa shape index (κ3) is 11.1. The van der Waals surface area contributed by atoms with Gasteiger partial charge in [0.25, 0.3) is 5.91 Å². The molecular formula is C26H37N3O2. The monoisotopic (exact) mass is 423 g/mol. The number of benzene rings is 2. The molecule has 0 aliphatic heterocycles. The van der Waals surface area contributed by atoms with Crippen LogP contribution in [0.25, 0.3) is 0 Å². The minimum Gasteiger partial charge on any atom is -0.383 e. The molecule has 168 valence electrons. The molecule has 2 aromatic rings. The maximum atomic E-state index is 11.5. The highest BCUT2D eigenvalue weighted by molar-refractivity contribution is 6.13. The maximum Gasteiger partial charge on any atom is 0.251 e. The Kier molecular flexibility index (Phi) is 15.1. The van der Waals surface area contributed by atoms with E-state index in [-0.39, 0.29) is 5.91 Å². The number of amides is 1. The third-order valence-electron chi connectivity index (χ3n) is 4.30. The quantitative estimate of drug-likeness (QED) is 0.521. The third-order valence-corrected chi connectivity index (χ3v) is 4.30. The fourth-order valence-corrected chi connectivity index (χ4v) is 2.64. The van der Waals surface area contributed by atoms with Crippen LogP contribution in [0.1, 0.15) is 40.9 Å². The average Bonchev–Trinajstić information content (AvgIpc) is 2.76. The van der Waals surface area contributed by atoms with E-state index in [4.69, 9.17) is 4.74 Å². The van der Waals surface area contributed by atoms with Crippen molar-refractivity contribution in [1.82, 2.24) is 5.32 Å². The molecule has 1 amide bonds. The Morgan fingerprint density at radius 2 is 1.77 bits per heavy atom. The molecule has 0 radical (unpaired) electrons. The summed E-state index contributed by atoms with van der Waals surface area (Å²) in [7, 11) is 5.09. The minimum absolute atomic E-state index is 0.0502. The van der Waals surface area contributed by atoms with Gasteiger partial charge in [-0.05, 0) is 57.7 Å². The van der Waals surface area contributed by atoms with Gasteiger partial charge in [0, 0.05) is 38.9 Å². The minimum atomic E-state index is -0.0502. The number of allylic oxidation sites excluding steroid dienone is 2. The van der Waals surface area contributed by atoms with Crippen molar-refractivity contribution in [3.05, 3.63) is 82.4 Å². The molecule has 5 nitrogen and oxygen atoms in total. The van der Waals surface area contributed by atoms with Crippen molar-refractivity contribution in [1.29, 1.82) is 0 Å². The lowest BCUT2D eigenvalue weighted by Gasteiger charge is -2.08. The Bertz CT molecular complexity index is 870. The molecule has 1 N–H and O–H groups in total. The van der Waals surface area contributed by atoms with Crippen LogP contribution in [0.5, 0.6) is 0 Å². The lowest BCUT2D eigenvalue weighted by atomic mass is 9.99. The molecule has 2 rings (SSSR count). The van der Waals surface area contributed by atoms with Gasteiger partial charge in [0.2, 0.25) is 0 Å². The molecule has 0 aliphatic rings. The standard InChI is InChI=1S/C13H17N.C11H15NO2.C2H5N/c1-5-10(2)13(14-4)12-9-7-6-8-11(12)3;1-9-4-3-5-10(8-9)11(13)12-6-7-14-2;1-3-2/h5-9H,1-4H3;3-5,8H,6-7H2,1-2H3,(H,12,13);1H2,2H3/b10-5+,14-13?;;. The summed E-state index contributed by atoms with van der Waals surface area (Å²) < 4.78 is 4.84. The summed E-state index contributed by atoms with van der Waals surface area (Å²) in [5, 5.41) is 2.76. The van der Waals surface area contributed by atoms with Gasteiger partial charge in [0.1, 0.15) is 0 Å². The van der Waals surface area contributed by atoms with Crippen LogP contribution in [0.3, 0.4) is 0 Å². The topological polar surface area (TPSA) is 63.1 Å². The van der Waals surface area contributed by atoms with E-state index >= 15 is 0 Å². The van der Waals surface area contributed by atoms with E-state index in [1.807, 2.05) is 39.1 Å². The Morgan fingerprint density at radius 3 is 2.29 bits per heavy atom. The first-order valence-electron chi connectivity index (χ1n) is 10.2. The van der Waals surface area contributed by atoms with Gasteiger partial charge in [-0.3, -0.25) is 9.79 Å². The molecule has 5 heteroatoms. The molecular weight excluding hydrogens is 386 g/mol. The smallest absolute Gasteiger partial charge is 0.251 e. The fourth-order valence-electron chi connectivity index (χ4n) is 2.64. The van der Waals surface area contributed by atoms with Crippen LogP contribution in [0, 0.1) is 13.8 Å². The zero-order chi connectivity index (χ0) is 23.6. The second kappa shape index (κ2) is 16.7. The average molecular weight is 424 g/mol. The number of nitrogens with zero attached hydrogens (tertiary/aromatic N) is 2. The molecule has 0 bridgehead atoms. The molecule has 0 aliphatic carbocycles. The van der Waals surface area contributed by atoms with E-state index in [0.29, 0.717) is 18.7 Å². The fraction of sp³-hybridized carbons (Fsp3) is 0.346. The van der Waals surface area contributed by atoms with Gasteiger partial charge in [-0.15, -0.1) is 0 Å². The Balaban J connectivity index is 0.000000516. The van der Waals surface area contributed by atoms with Crippen LogP contribution < -0.4 is 5.32 Å². The molecule has 0 unspecified atom stereocenters. The number of carbonyl (C=O) groups excluding carboxylic acids is 1. The van der Waals surface area contributed by atoms with Crippen molar-refractivity contribution >= 4 is 18.3 Å². The highest BCUT2D eigenvalue weighted by Gasteiger charge is 2.06. The Labute approximate surface area is 188 Å². The summed E-state index contributed by atoms with van der Waals surface area (Å²) in [5.74, 6) is -0.0502. The Morgan fingerprint density at radius 1 is 1.13 bits per heavy atom. The van der Waals surface area contributed by atoms with E-state index in [1.165, 1.54) is 16.7 Å². The molecule has 0 heterocycles. The van der Waals surface area contributed by atoms with Crippen molar-refractivity contribution < 1.29 is 9.53 Å². The largest absolute Gasteiger partial charge is 0.383 e. The van der Waals surface area contributed by atoms with Crippen LogP contribution in [0.15, 0.2) is 70.2 Å². The van der Waals surface area contributed by atoms with Crippen LogP contribution in [-0.4, -0.2) is 52.7 Å². The van der Waals surface area contributed by atoms with Crippen molar-refractivity contribution in [2.45, 2.75) is 27.7 Å². The number of aliphatic imine (C=N–C) groups is 2. The molecule has 0 fully saturated rings. The molecule has 0 saturated carbocycles. The summed E-state index contributed by atoms with van der Waals surface area (Å²) in [4.78, 5) is 19.1. The van der Waals surface area contributed by atoms with Crippen molar-refractivity contribution in [3.8, 4) is 0 Å². The lowest BCUT2D eigenvalue weighted by Crippen LogP contribution is -2.26. The highest BCUT2D eigenvalue weighted by Crippen LogP contribution is 2.13. The first kappa shape index (κ1) is 27.9. The molecule has 2 aromatic carbocycles. The summed E-state index contributed by atoms with van der Waals surface area (Å²) in [6.45, 7) is 12.4. The van der Waals surface area contributed by atoms with E-state index in [9.17, 15) is 4.79 Å². The Hall–Kier alpha value is -3.05. The summed E-state index contributed by atoms with van der Waals surface area (Å²) in [5.41, 5.74) is 6.60. The zero-order valence-electron chi connectivity index (χ0n) is 20.0. The number of nitrogens with one attached hydrogen (secondary N) is 1. The SMILES string of the molecule is C/C=C(\C)C(=NC)c1ccccc1C.C=NC.COCCNC(=O)c1cccc(C)c1. The number of hydrogen-bond donors (Lipinski definition) is 1. The van der Waals surface area contributed by atoms with E-state index < -0.39 is 0 Å².